The van der Waals surface area contributed by atoms with Crippen LogP contribution < -0.4 is 4.74 Å². The van der Waals surface area contributed by atoms with Gasteiger partial charge in [-0.25, -0.2) is 4.98 Å². The van der Waals surface area contributed by atoms with Crippen LogP contribution in [-0.4, -0.2) is 26.7 Å². The van der Waals surface area contributed by atoms with Crippen LogP contribution >= 0.6 is 11.5 Å². The summed E-state index contributed by atoms with van der Waals surface area (Å²) in [5.41, 5.74) is 0.719. The second-order valence-corrected chi connectivity index (χ2v) is 3.36. The molecule has 0 aromatic carbocycles. The lowest BCUT2D eigenvalue weighted by molar-refractivity contribution is 0.392. The van der Waals surface area contributed by atoms with E-state index in [1.165, 1.54) is 11.5 Å². The molecule has 2 aromatic rings. The van der Waals surface area contributed by atoms with E-state index in [1.807, 2.05) is 13.0 Å². The summed E-state index contributed by atoms with van der Waals surface area (Å²) in [4.78, 5) is 4.20. The highest BCUT2D eigenvalue weighted by atomic mass is 32.1. The number of hydrogen-bond acceptors (Lipinski definition) is 6. The van der Waals surface area contributed by atoms with Crippen LogP contribution in [0.5, 0.6) is 5.88 Å². The van der Waals surface area contributed by atoms with E-state index in [0.717, 1.165) is 16.5 Å². The Morgan fingerprint density at radius 2 is 2.14 bits per heavy atom. The Labute approximate surface area is 85.0 Å². The van der Waals surface area contributed by atoms with E-state index in [4.69, 9.17) is 4.74 Å². The molecule has 2 rings (SSSR count). The molecule has 0 aliphatic rings. The Balaban J connectivity index is 2.33. The van der Waals surface area contributed by atoms with Crippen molar-refractivity contribution in [1.82, 2.24) is 19.6 Å². The van der Waals surface area contributed by atoms with Crippen LogP contribution in [0.15, 0.2) is 12.1 Å². The lowest BCUT2D eigenvalue weighted by atomic mass is 10.4. The average Bonchev–Trinajstić information content (AvgIpc) is 2.65. The lowest BCUT2D eigenvalue weighted by Gasteiger charge is -1.96. The van der Waals surface area contributed by atoms with Gasteiger partial charge in [0.25, 0.3) is 0 Å². The molecule has 5 nitrogen and oxygen atoms in total. The molecule has 0 unspecified atom stereocenters. The SMILES string of the molecule is COc1ccc(-c2nc(C)ns2)nn1. The summed E-state index contributed by atoms with van der Waals surface area (Å²) in [6.45, 7) is 1.84. The van der Waals surface area contributed by atoms with Gasteiger partial charge in [-0.3, -0.25) is 0 Å². The Morgan fingerprint density at radius 3 is 2.64 bits per heavy atom. The van der Waals surface area contributed by atoms with Crippen molar-refractivity contribution < 1.29 is 4.74 Å². The third-order valence-electron chi connectivity index (χ3n) is 1.60. The standard InChI is InChI=1S/C8H8N4OS/c1-5-9-8(14-12-5)6-3-4-7(13-2)11-10-6/h3-4H,1-2H3. The zero-order valence-electron chi connectivity index (χ0n) is 7.76. The first kappa shape index (κ1) is 9.01. The van der Waals surface area contributed by atoms with Crippen LogP contribution in [0.2, 0.25) is 0 Å². The number of hydrogen-bond donors (Lipinski definition) is 0. The zero-order valence-corrected chi connectivity index (χ0v) is 8.58. The average molecular weight is 208 g/mol. The van der Waals surface area contributed by atoms with E-state index < -0.39 is 0 Å². The van der Waals surface area contributed by atoms with Crippen molar-refractivity contribution in [3.8, 4) is 16.6 Å². The summed E-state index contributed by atoms with van der Waals surface area (Å²) in [5.74, 6) is 1.25. The predicted octanol–water partition coefficient (Wildman–Crippen LogP) is 1.31. The number of methoxy groups -OCH3 is 1. The third-order valence-corrected chi connectivity index (χ3v) is 2.42. The topological polar surface area (TPSA) is 60.8 Å². The molecule has 0 N–H and O–H groups in total. The van der Waals surface area contributed by atoms with Crippen LogP contribution in [0.25, 0.3) is 10.7 Å². The molecule has 0 saturated heterocycles. The number of ether oxygens (including phenoxy) is 1. The summed E-state index contributed by atoms with van der Waals surface area (Å²) >= 11 is 1.31. The largest absolute Gasteiger partial charge is 0.480 e. The normalized spacial score (nSPS) is 10.1. The first-order valence-electron chi connectivity index (χ1n) is 3.98. The van der Waals surface area contributed by atoms with Crippen molar-refractivity contribution in [2.24, 2.45) is 0 Å². The molecule has 72 valence electrons. The minimum atomic E-state index is 0.495. The molecule has 0 saturated carbocycles. The highest BCUT2D eigenvalue weighted by Crippen LogP contribution is 2.19. The van der Waals surface area contributed by atoms with Gasteiger partial charge in [0.2, 0.25) is 5.88 Å². The Bertz CT molecular complexity index is 425. The Hall–Kier alpha value is -1.56. The van der Waals surface area contributed by atoms with Crippen LogP contribution in [0, 0.1) is 6.92 Å². The van der Waals surface area contributed by atoms with Crippen LogP contribution in [-0.2, 0) is 0 Å². The van der Waals surface area contributed by atoms with Crippen molar-refractivity contribution >= 4 is 11.5 Å². The van der Waals surface area contributed by atoms with Gasteiger partial charge in [0.15, 0.2) is 5.01 Å². The molecule has 0 atom stereocenters. The number of nitrogens with zero attached hydrogens (tertiary/aromatic N) is 4. The summed E-state index contributed by atoms with van der Waals surface area (Å²) in [7, 11) is 1.55. The van der Waals surface area contributed by atoms with Crippen LogP contribution in [0.1, 0.15) is 5.82 Å². The maximum absolute atomic E-state index is 4.90. The molecule has 14 heavy (non-hydrogen) atoms. The fraction of sp³-hybridized carbons (Fsp3) is 0.250. The molecule has 2 heterocycles. The van der Waals surface area contributed by atoms with Crippen LogP contribution in [0.3, 0.4) is 0 Å². The number of aryl methyl sites for hydroxylation is 1. The zero-order chi connectivity index (χ0) is 9.97. The maximum atomic E-state index is 4.90. The van der Waals surface area contributed by atoms with E-state index in [1.54, 1.807) is 13.2 Å². The second kappa shape index (κ2) is 3.67. The van der Waals surface area contributed by atoms with Gasteiger partial charge in [-0.15, -0.1) is 10.2 Å². The minimum absolute atomic E-state index is 0.495. The quantitative estimate of drug-likeness (QED) is 0.744. The molecule has 0 aliphatic heterocycles. The van der Waals surface area contributed by atoms with Gasteiger partial charge in [-0.2, -0.15) is 4.37 Å². The lowest BCUT2D eigenvalue weighted by Crippen LogP contribution is -1.91. The first-order valence-corrected chi connectivity index (χ1v) is 4.75. The first-order chi connectivity index (χ1) is 6.79. The second-order valence-electron chi connectivity index (χ2n) is 2.61. The van der Waals surface area contributed by atoms with Gasteiger partial charge < -0.3 is 4.74 Å². The van der Waals surface area contributed by atoms with Crippen LogP contribution in [0.4, 0.5) is 0 Å². The minimum Gasteiger partial charge on any atom is -0.480 e. The molecule has 0 spiro atoms. The molecule has 0 aliphatic carbocycles. The van der Waals surface area contributed by atoms with E-state index in [9.17, 15) is 0 Å². The fourth-order valence-electron chi connectivity index (χ4n) is 0.944. The van der Waals surface area contributed by atoms with Crippen molar-refractivity contribution in [1.29, 1.82) is 0 Å². The summed E-state index contributed by atoms with van der Waals surface area (Å²) < 4.78 is 8.97. The smallest absolute Gasteiger partial charge is 0.233 e. The molecule has 6 heteroatoms. The van der Waals surface area contributed by atoms with Crippen molar-refractivity contribution in [2.45, 2.75) is 6.92 Å². The van der Waals surface area contributed by atoms with Gasteiger partial charge >= 0.3 is 0 Å². The fourth-order valence-corrected chi connectivity index (χ4v) is 1.58. The van der Waals surface area contributed by atoms with Gasteiger partial charge in [-0.1, -0.05) is 0 Å². The van der Waals surface area contributed by atoms with Gasteiger partial charge in [0.05, 0.1) is 7.11 Å². The van der Waals surface area contributed by atoms with E-state index in [2.05, 4.69) is 19.6 Å². The molecule has 2 aromatic heterocycles. The molecule has 0 bridgehead atoms. The molecular formula is C8H8N4OS. The van der Waals surface area contributed by atoms with E-state index in [0.29, 0.717) is 5.88 Å². The van der Waals surface area contributed by atoms with E-state index in [-0.39, 0.29) is 0 Å². The van der Waals surface area contributed by atoms with Crippen molar-refractivity contribution in [2.75, 3.05) is 7.11 Å². The highest BCUT2D eigenvalue weighted by molar-refractivity contribution is 7.09. The molecule has 0 fully saturated rings. The van der Waals surface area contributed by atoms with Gasteiger partial charge in [-0.05, 0) is 24.5 Å². The number of rotatable bonds is 2. The Morgan fingerprint density at radius 1 is 1.29 bits per heavy atom. The summed E-state index contributed by atoms with van der Waals surface area (Å²) in [5, 5.41) is 8.59. The highest BCUT2D eigenvalue weighted by Gasteiger charge is 2.05. The molecular weight excluding hydrogens is 200 g/mol. The number of aromatic nitrogens is 4. The third kappa shape index (κ3) is 1.69. The molecule has 0 amide bonds. The monoisotopic (exact) mass is 208 g/mol. The van der Waals surface area contributed by atoms with Crippen molar-refractivity contribution in [3.05, 3.63) is 18.0 Å². The predicted molar refractivity (Wildman–Crippen MR) is 52.2 cm³/mol. The van der Waals surface area contributed by atoms with Gasteiger partial charge in [0.1, 0.15) is 11.5 Å². The molecule has 0 radical (unpaired) electrons. The van der Waals surface area contributed by atoms with Crippen molar-refractivity contribution in [3.63, 3.8) is 0 Å². The Kier molecular flexibility index (Phi) is 2.36. The van der Waals surface area contributed by atoms with E-state index >= 15 is 0 Å². The van der Waals surface area contributed by atoms with Gasteiger partial charge in [0, 0.05) is 6.07 Å². The maximum Gasteiger partial charge on any atom is 0.233 e. The summed E-state index contributed by atoms with van der Waals surface area (Å²) in [6.07, 6.45) is 0. The summed E-state index contributed by atoms with van der Waals surface area (Å²) in [6, 6.07) is 3.56.